The van der Waals surface area contributed by atoms with E-state index in [1.807, 2.05) is 11.4 Å². The van der Waals surface area contributed by atoms with E-state index in [4.69, 9.17) is 4.74 Å². The van der Waals surface area contributed by atoms with Gasteiger partial charge >= 0.3 is 5.97 Å². The molecule has 0 amide bonds. The molecule has 1 aliphatic rings. The first kappa shape index (κ1) is 12.5. The lowest BCUT2D eigenvalue weighted by molar-refractivity contribution is -0.152. The molecule has 0 spiro atoms. The molecule has 2 atom stereocenters. The molecule has 1 saturated heterocycles. The van der Waals surface area contributed by atoms with Crippen LogP contribution < -0.4 is 0 Å². The quantitative estimate of drug-likeness (QED) is 0.822. The number of carbonyl (C=O) groups is 1. The molecule has 0 unspecified atom stereocenters. The van der Waals surface area contributed by atoms with Gasteiger partial charge in [0.1, 0.15) is 0 Å². The molecule has 0 radical (unpaired) electrons. The van der Waals surface area contributed by atoms with Gasteiger partial charge in [0.05, 0.1) is 19.1 Å². The first-order valence-electron chi connectivity index (χ1n) is 5.71. The summed E-state index contributed by atoms with van der Waals surface area (Å²) in [7, 11) is 1.37. The normalized spacial score (nSPS) is 25.8. The third-order valence-corrected chi connectivity index (χ3v) is 3.99. The van der Waals surface area contributed by atoms with Gasteiger partial charge in [0, 0.05) is 24.5 Å². The predicted molar refractivity (Wildman–Crippen MR) is 65.7 cm³/mol. The monoisotopic (exact) mass is 255 g/mol. The Morgan fingerprint density at radius 2 is 2.53 bits per heavy atom. The van der Waals surface area contributed by atoms with Crippen LogP contribution in [0.15, 0.2) is 17.5 Å². The lowest BCUT2D eigenvalue weighted by atomic mass is 9.95. The summed E-state index contributed by atoms with van der Waals surface area (Å²) < 4.78 is 4.72. The van der Waals surface area contributed by atoms with Gasteiger partial charge in [0.25, 0.3) is 0 Å². The second kappa shape index (κ2) is 5.62. The Balaban J connectivity index is 1.95. The second-order valence-corrected chi connectivity index (χ2v) is 5.33. The van der Waals surface area contributed by atoms with Gasteiger partial charge in [-0.05, 0) is 17.9 Å². The first-order chi connectivity index (χ1) is 8.20. The molecule has 1 fully saturated rings. The minimum atomic E-state index is -0.568. The average Bonchev–Trinajstić information content (AvgIpc) is 2.83. The molecule has 2 rings (SSSR count). The number of carbonyl (C=O) groups excluding carboxylic acids is 1. The van der Waals surface area contributed by atoms with E-state index in [-0.39, 0.29) is 5.97 Å². The van der Waals surface area contributed by atoms with Crippen molar-refractivity contribution in [3.8, 4) is 0 Å². The van der Waals surface area contributed by atoms with E-state index in [2.05, 4.69) is 11.0 Å². The van der Waals surface area contributed by atoms with Crippen LogP contribution in [0.25, 0.3) is 0 Å². The molecule has 1 aromatic rings. The van der Waals surface area contributed by atoms with Crippen molar-refractivity contribution >= 4 is 17.3 Å². The van der Waals surface area contributed by atoms with Crippen LogP contribution in [0.1, 0.15) is 11.3 Å². The Kier molecular flexibility index (Phi) is 4.15. The largest absolute Gasteiger partial charge is 0.469 e. The lowest BCUT2D eigenvalue weighted by Gasteiger charge is -2.34. The van der Waals surface area contributed by atoms with Crippen LogP contribution in [-0.4, -0.2) is 42.3 Å². The number of hydrogen-bond donors (Lipinski definition) is 1. The van der Waals surface area contributed by atoms with E-state index < -0.39 is 12.0 Å². The summed E-state index contributed by atoms with van der Waals surface area (Å²) in [5, 5.41) is 11.8. The van der Waals surface area contributed by atoms with E-state index in [0.717, 1.165) is 13.1 Å². The van der Waals surface area contributed by atoms with Crippen LogP contribution in [0, 0.1) is 5.92 Å². The number of ether oxygens (including phenoxy) is 1. The lowest BCUT2D eigenvalue weighted by Crippen LogP contribution is -2.46. The number of rotatable bonds is 3. The highest BCUT2D eigenvalue weighted by atomic mass is 32.1. The number of likely N-dealkylation sites (tertiary alicyclic amines) is 1. The van der Waals surface area contributed by atoms with Gasteiger partial charge in [-0.3, -0.25) is 9.69 Å². The molecule has 1 N–H and O–H groups in total. The molecule has 5 heteroatoms. The van der Waals surface area contributed by atoms with Crippen molar-refractivity contribution in [3.63, 3.8) is 0 Å². The van der Waals surface area contributed by atoms with E-state index >= 15 is 0 Å². The van der Waals surface area contributed by atoms with E-state index in [1.54, 1.807) is 11.3 Å². The third-order valence-electron chi connectivity index (χ3n) is 3.12. The fraction of sp³-hybridized carbons (Fsp3) is 0.583. The topological polar surface area (TPSA) is 49.8 Å². The first-order valence-corrected chi connectivity index (χ1v) is 6.59. The molecule has 1 aromatic heterocycles. The molecular weight excluding hydrogens is 238 g/mol. The molecule has 0 aromatic carbocycles. The summed E-state index contributed by atoms with van der Waals surface area (Å²) >= 11 is 1.71. The fourth-order valence-electron chi connectivity index (χ4n) is 2.16. The molecule has 94 valence electrons. The zero-order chi connectivity index (χ0) is 12.3. The van der Waals surface area contributed by atoms with E-state index in [9.17, 15) is 9.90 Å². The highest BCUT2D eigenvalue weighted by molar-refractivity contribution is 7.09. The highest BCUT2D eigenvalue weighted by Crippen LogP contribution is 2.21. The summed E-state index contributed by atoms with van der Waals surface area (Å²) in [5.74, 6) is -0.720. The Hall–Kier alpha value is -0.910. The molecular formula is C12H17NO3S. The Bertz CT molecular complexity index is 366. The standard InChI is InChI=1S/C12H17NO3S/c1-16-12(15)10-8-13(5-4-11(10)14)7-9-3-2-6-17-9/h2-3,6,10-11,14H,4-5,7-8H2,1H3/t10-,11+/m1/s1. The maximum atomic E-state index is 11.5. The molecule has 2 heterocycles. The number of nitrogens with zero attached hydrogens (tertiary/aromatic N) is 1. The molecule has 0 aliphatic carbocycles. The number of piperidine rings is 1. The molecule has 4 nitrogen and oxygen atoms in total. The van der Waals surface area contributed by atoms with Crippen molar-refractivity contribution in [1.82, 2.24) is 4.90 Å². The minimum Gasteiger partial charge on any atom is -0.469 e. The zero-order valence-corrected chi connectivity index (χ0v) is 10.7. The van der Waals surface area contributed by atoms with Crippen molar-refractivity contribution < 1.29 is 14.6 Å². The van der Waals surface area contributed by atoms with Gasteiger partial charge in [-0.25, -0.2) is 0 Å². The highest BCUT2D eigenvalue weighted by Gasteiger charge is 2.33. The Labute approximate surface area is 105 Å². The number of hydrogen-bond acceptors (Lipinski definition) is 5. The van der Waals surface area contributed by atoms with Crippen molar-refractivity contribution in [2.24, 2.45) is 5.92 Å². The predicted octanol–water partition coefficient (Wildman–Crippen LogP) is 1.10. The molecule has 17 heavy (non-hydrogen) atoms. The van der Waals surface area contributed by atoms with Gasteiger partial charge < -0.3 is 9.84 Å². The van der Waals surface area contributed by atoms with Crippen LogP contribution >= 0.6 is 11.3 Å². The Morgan fingerprint density at radius 3 is 3.18 bits per heavy atom. The summed E-state index contributed by atoms with van der Waals surface area (Å²) in [6.45, 7) is 2.25. The van der Waals surface area contributed by atoms with Crippen LogP contribution in [-0.2, 0) is 16.1 Å². The fourth-order valence-corrected chi connectivity index (χ4v) is 2.90. The van der Waals surface area contributed by atoms with Crippen LogP contribution in [0.5, 0.6) is 0 Å². The van der Waals surface area contributed by atoms with Crippen molar-refractivity contribution in [2.45, 2.75) is 19.1 Å². The number of aliphatic hydroxyl groups is 1. The van der Waals surface area contributed by atoms with E-state index in [0.29, 0.717) is 13.0 Å². The van der Waals surface area contributed by atoms with Crippen molar-refractivity contribution in [3.05, 3.63) is 22.4 Å². The molecule has 0 bridgehead atoms. The third kappa shape index (κ3) is 3.06. The van der Waals surface area contributed by atoms with Crippen LogP contribution in [0.2, 0.25) is 0 Å². The second-order valence-electron chi connectivity index (χ2n) is 4.30. The molecule has 1 aliphatic heterocycles. The van der Waals surface area contributed by atoms with Crippen molar-refractivity contribution in [1.29, 1.82) is 0 Å². The summed E-state index contributed by atoms with van der Waals surface area (Å²) in [4.78, 5) is 15.0. The Morgan fingerprint density at radius 1 is 1.71 bits per heavy atom. The number of aliphatic hydroxyl groups excluding tert-OH is 1. The van der Waals surface area contributed by atoms with Crippen LogP contribution in [0.4, 0.5) is 0 Å². The van der Waals surface area contributed by atoms with Gasteiger partial charge in [0.2, 0.25) is 0 Å². The zero-order valence-electron chi connectivity index (χ0n) is 9.83. The van der Waals surface area contributed by atoms with Gasteiger partial charge in [-0.2, -0.15) is 0 Å². The number of methoxy groups -OCH3 is 1. The summed E-state index contributed by atoms with van der Waals surface area (Å²) in [6, 6.07) is 4.11. The van der Waals surface area contributed by atoms with Gasteiger partial charge in [-0.15, -0.1) is 11.3 Å². The maximum Gasteiger partial charge on any atom is 0.312 e. The van der Waals surface area contributed by atoms with Crippen molar-refractivity contribution in [2.75, 3.05) is 20.2 Å². The summed E-state index contributed by atoms with van der Waals surface area (Å²) in [6.07, 6.45) is 0.0625. The smallest absolute Gasteiger partial charge is 0.312 e. The van der Waals surface area contributed by atoms with E-state index in [1.165, 1.54) is 12.0 Å². The number of thiophene rings is 1. The minimum absolute atomic E-state index is 0.312. The van der Waals surface area contributed by atoms with Gasteiger partial charge in [-0.1, -0.05) is 6.07 Å². The van der Waals surface area contributed by atoms with Crippen LogP contribution in [0.3, 0.4) is 0 Å². The van der Waals surface area contributed by atoms with Gasteiger partial charge in [0.15, 0.2) is 0 Å². The number of esters is 1. The maximum absolute atomic E-state index is 11.5. The summed E-state index contributed by atoms with van der Waals surface area (Å²) in [5.41, 5.74) is 0. The average molecular weight is 255 g/mol. The molecule has 0 saturated carbocycles. The SMILES string of the molecule is COC(=O)[C@@H]1CN(Cc2cccs2)CC[C@@H]1O.